The molecule has 0 spiro atoms. The summed E-state index contributed by atoms with van der Waals surface area (Å²) < 4.78 is 32.3. The predicted molar refractivity (Wildman–Crippen MR) is 94.3 cm³/mol. The first kappa shape index (κ1) is 18.9. The van der Waals surface area contributed by atoms with Crippen LogP contribution in [0.4, 0.5) is 5.69 Å². The average molecular weight is 364 g/mol. The van der Waals surface area contributed by atoms with Crippen molar-refractivity contribution in [1.29, 1.82) is 0 Å². The van der Waals surface area contributed by atoms with Crippen molar-refractivity contribution in [2.45, 2.75) is 25.2 Å². The van der Waals surface area contributed by atoms with Crippen molar-refractivity contribution < 1.29 is 18.1 Å². The van der Waals surface area contributed by atoms with Crippen LogP contribution >= 0.6 is 0 Å². The van der Waals surface area contributed by atoms with Gasteiger partial charge in [-0.05, 0) is 37.1 Å². The molecular weight excluding hydrogens is 344 g/mol. The summed E-state index contributed by atoms with van der Waals surface area (Å²) in [6, 6.07) is 11.4. The highest BCUT2D eigenvalue weighted by Crippen LogP contribution is 2.22. The van der Waals surface area contributed by atoms with Gasteiger partial charge in [0.25, 0.3) is 5.69 Å². The minimum atomic E-state index is -3.83. The summed E-state index contributed by atoms with van der Waals surface area (Å²) in [5.41, 5.74) is 1.37. The van der Waals surface area contributed by atoms with Gasteiger partial charge >= 0.3 is 0 Å². The fourth-order valence-corrected chi connectivity index (χ4v) is 3.24. The second-order valence-corrected chi connectivity index (χ2v) is 7.22. The number of nitrogens with zero attached hydrogens (tertiary/aromatic N) is 1. The monoisotopic (exact) mass is 364 g/mol. The number of aryl methyl sites for hydroxylation is 2. The lowest BCUT2D eigenvalue weighted by atomic mass is 10.2. The van der Waals surface area contributed by atoms with Crippen LogP contribution in [-0.4, -0.2) is 26.5 Å². The largest absolute Gasteiger partial charge is 0.492 e. The van der Waals surface area contributed by atoms with Crippen LogP contribution in [0.3, 0.4) is 0 Å². The third-order valence-corrected chi connectivity index (χ3v) is 5.14. The fraction of sp³-hybridized carbons (Fsp3) is 0.294. The molecule has 2 aromatic carbocycles. The number of hydrogen-bond donors (Lipinski definition) is 1. The summed E-state index contributed by atoms with van der Waals surface area (Å²) in [6.45, 7) is 3.82. The van der Waals surface area contributed by atoms with E-state index in [9.17, 15) is 18.5 Å². The smallest absolute Gasteiger partial charge is 0.273 e. The van der Waals surface area contributed by atoms with Gasteiger partial charge in [-0.2, -0.15) is 0 Å². The molecule has 2 rings (SSSR count). The van der Waals surface area contributed by atoms with Crippen molar-refractivity contribution in [3.8, 4) is 5.75 Å². The second-order valence-electron chi connectivity index (χ2n) is 5.45. The SMILES string of the molecule is CCc1ccc(OCCNS(=O)(=O)c2ccc(C)c([N+](=O)[O-])c2)cc1. The van der Waals surface area contributed by atoms with E-state index in [-0.39, 0.29) is 23.7 Å². The standard InChI is InChI=1S/C17H20N2O5S/c1-3-14-5-7-15(8-6-14)24-11-10-18-25(22,23)16-9-4-13(2)17(12-16)19(20)21/h4-9,12,18H,3,10-11H2,1-2H3. The number of hydrogen-bond acceptors (Lipinski definition) is 5. The molecule has 1 N–H and O–H groups in total. The van der Waals surface area contributed by atoms with E-state index in [1.807, 2.05) is 24.3 Å². The van der Waals surface area contributed by atoms with Crippen molar-refractivity contribution in [1.82, 2.24) is 4.72 Å². The summed E-state index contributed by atoms with van der Waals surface area (Å²) in [4.78, 5) is 10.2. The maximum absolute atomic E-state index is 12.2. The van der Waals surface area contributed by atoms with Gasteiger partial charge in [0.2, 0.25) is 10.0 Å². The Labute approximate surface area is 146 Å². The number of nitro benzene ring substituents is 1. The third kappa shape index (κ3) is 5.01. The molecule has 0 fully saturated rings. The van der Waals surface area contributed by atoms with Crippen LogP contribution in [0.25, 0.3) is 0 Å². The molecule has 0 bridgehead atoms. The highest BCUT2D eigenvalue weighted by atomic mass is 32.2. The summed E-state index contributed by atoms with van der Waals surface area (Å²) in [5, 5.41) is 10.9. The number of ether oxygens (including phenoxy) is 1. The number of sulfonamides is 1. The van der Waals surface area contributed by atoms with Crippen molar-refractivity contribution in [2.24, 2.45) is 0 Å². The molecule has 0 unspecified atom stereocenters. The number of rotatable bonds is 8. The number of nitro groups is 1. The van der Waals surface area contributed by atoms with Crippen LogP contribution < -0.4 is 9.46 Å². The average Bonchev–Trinajstić information content (AvgIpc) is 2.59. The molecule has 0 heterocycles. The van der Waals surface area contributed by atoms with Gasteiger partial charge in [0.05, 0.1) is 9.82 Å². The molecule has 25 heavy (non-hydrogen) atoms. The number of benzene rings is 2. The van der Waals surface area contributed by atoms with E-state index in [1.54, 1.807) is 6.92 Å². The Kier molecular flexibility index (Phi) is 6.11. The quantitative estimate of drug-likeness (QED) is 0.441. The normalized spacial score (nSPS) is 11.3. The van der Waals surface area contributed by atoms with Crippen molar-refractivity contribution >= 4 is 15.7 Å². The van der Waals surface area contributed by atoms with E-state index < -0.39 is 14.9 Å². The molecule has 7 nitrogen and oxygen atoms in total. The van der Waals surface area contributed by atoms with E-state index >= 15 is 0 Å². The lowest BCUT2D eigenvalue weighted by molar-refractivity contribution is -0.385. The highest BCUT2D eigenvalue weighted by Gasteiger charge is 2.19. The minimum absolute atomic E-state index is 0.0551. The highest BCUT2D eigenvalue weighted by molar-refractivity contribution is 7.89. The Bertz CT molecular complexity index is 848. The molecule has 0 aliphatic carbocycles. The van der Waals surface area contributed by atoms with E-state index in [1.165, 1.54) is 17.7 Å². The lowest BCUT2D eigenvalue weighted by Crippen LogP contribution is -2.28. The minimum Gasteiger partial charge on any atom is -0.492 e. The summed E-state index contributed by atoms with van der Waals surface area (Å²) in [7, 11) is -3.83. The van der Waals surface area contributed by atoms with Crippen LogP contribution in [0.5, 0.6) is 5.75 Å². The Hall–Kier alpha value is -2.45. The van der Waals surface area contributed by atoms with Crippen LogP contribution in [0.15, 0.2) is 47.4 Å². The Morgan fingerprint density at radius 1 is 1.16 bits per heavy atom. The first-order chi connectivity index (χ1) is 11.8. The maximum Gasteiger partial charge on any atom is 0.273 e. The topological polar surface area (TPSA) is 98.5 Å². The van der Waals surface area contributed by atoms with Crippen molar-refractivity contribution in [2.75, 3.05) is 13.2 Å². The van der Waals surface area contributed by atoms with Gasteiger partial charge in [0.1, 0.15) is 12.4 Å². The first-order valence-corrected chi connectivity index (χ1v) is 9.28. The molecule has 0 atom stereocenters. The Balaban J connectivity index is 1.95. The molecule has 0 aliphatic rings. The van der Waals surface area contributed by atoms with E-state index in [4.69, 9.17) is 4.74 Å². The molecule has 8 heteroatoms. The van der Waals surface area contributed by atoms with Gasteiger partial charge in [-0.1, -0.05) is 25.1 Å². The van der Waals surface area contributed by atoms with Crippen LogP contribution in [0, 0.1) is 17.0 Å². The molecular formula is C17H20N2O5S. The first-order valence-electron chi connectivity index (χ1n) is 7.80. The van der Waals surface area contributed by atoms with E-state index in [0.717, 1.165) is 12.5 Å². The van der Waals surface area contributed by atoms with Crippen LogP contribution in [0.2, 0.25) is 0 Å². The zero-order valence-electron chi connectivity index (χ0n) is 14.1. The predicted octanol–water partition coefficient (Wildman–Crippen LogP) is 2.82. The maximum atomic E-state index is 12.2. The molecule has 0 saturated heterocycles. The Morgan fingerprint density at radius 3 is 2.44 bits per heavy atom. The van der Waals surface area contributed by atoms with Gasteiger partial charge < -0.3 is 4.74 Å². The fourth-order valence-electron chi connectivity index (χ4n) is 2.20. The van der Waals surface area contributed by atoms with Crippen LogP contribution in [-0.2, 0) is 16.4 Å². The zero-order chi connectivity index (χ0) is 18.4. The second kappa shape index (κ2) is 8.09. The van der Waals surface area contributed by atoms with E-state index in [2.05, 4.69) is 11.6 Å². The summed E-state index contributed by atoms with van der Waals surface area (Å²) in [6.07, 6.45) is 0.933. The van der Waals surface area contributed by atoms with Crippen molar-refractivity contribution in [3.05, 3.63) is 63.7 Å². The van der Waals surface area contributed by atoms with Gasteiger partial charge in [-0.15, -0.1) is 0 Å². The molecule has 0 saturated carbocycles. The summed E-state index contributed by atoms with van der Waals surface area (Å²) >= 11 is 0. The molecule has 0 aromatic heterocycles. The van der Waals surface area contributed by atoms with E-state index in [0.29, 0.717) is 11.3 Å². The zero-order valence-corrected chi connectivity index (χ0v) is 14.9. The van der Waals surface area contributed by atoms with Gasteiger partial charge in [-0.25, -0.2) is 13.1 Å². The van der Waals surface area contributed by atoms with Gasteiger partial charge in [-0.3, -0.25) is 10.1 Å². The summed E-state index contributed by atoms with van der Waals surface area (Å²) in [5.74, 6) is 0.655. The molecule has 2 aromatic rings. The molecule has 0 radical (unpaired) electrons. The van der Waals surface area contributed by atoms with Crippen molar-refractivity contribution in [3.63, 3.8) is 0 Å². The number of nitrogens with one attached hydrogen (secondary N) is 1. The molecule has 0 aliphatic heterocycles. The van der Waals surface area contributed by atoms with Crippen LogP contribution in [0.1, 0.15) is 18.1 Å². The lowest BCUT2D eigenvalue weighted by Gasteiger charge is -2.09. The third-order valence-electron chi connectivity index (χ3n) is 3.68. The Morgan fingerprint density at radius 2 is 1.84 bits per heavy atom. The van der Waals surface area contributed by atoms with Gasteiger partial charge in [0.15, 0.2) is 0 Å². The molecule has 0 amide bonds. The van der Waals surface area contributed by atoms with Gasteiger partial charge in [0, 0.05) is 18.2 Å². The molecule has 134 valence electrons.